The summed E-state index contributed by atoms with van der Waals surface area (Å²) in [6, 6.07) is 15.3. The van der Waals surface area contributed by atoms with E-state index < -0.39 is 12.8 Å². The van der Waals surface area contributed by atoms with E-state index in [-0.39, 0.29) is 24.0 Å². The van der Waals surface area contributed by atoms with Gasteiger partial charge in [-0.1, -0.05) is 18.2 Å². The Morgan fingerprint density at radius 1 is 1.14 bits per heavy atom. The van der Waals surface area contributed by atoms with Crippen molar-refractivity contribution < 1.29 is 27.5 Å². The molecule has 4 rings (SSSR count). The maximum absolute atomic E-state index is 13.2. The van der Waals surface area contributed by atoms with Crippen molar-refractivity contribution in [1.82, 2.24) is 4.90 Å². The molecule has 0 bridgehead atoms. The molecule has 1 aliphatic heterocycles. The molecule has 0 radical (unpaired) electrons. The Kier molecular flexibility index (Phi) is 5.07. The zero-order valence-corrected chi connectivity index (χ0v) is 15.5. The largest absolute Gasteiger partial charge is 0.493 e. The van der Waals surface area contributed by atoms with E-state index in [1.54, 1.807) is 47.6 Å². The van der Waals surface area contributed by atoms with Crippen LogP contribution in [0.1, 0.15) is 27.8 Å². The van der Waals surface area contributed by atoms with Gasteiger partial charge in [-0.2, -0.15) is 8.78 Å². The molecule has 1 N–H and O–H groups in total. The highest BCUT2D eigenvalue weighted by atomic mass is 19.3. The number of rotatable bonds is 6. The number of benzene rings is 2. The number of halogens is 2. The van der Waals surface area contributed by atoms with Gasteiger partial charge in [-0.25, -0.2) is 0 Å². The lowest BCUT2D eigenvalue weighted by Crippen LogP contribution is -2.42. The number of alkyl halides is 2. The third-order valence-corrected chi connectivity index (χ3v) is 4.65. The second-order valence-electron chi connectivity index (χ2n) is 6.39. The van der Waals surface area contributed by atoms with Crippen molar-refractivity contribution in [3.8, 4) is 11.5 Å². The van der Waals surface area contributed by atoms with Gasteiger partial charge in [-0.15, -0.1) is 0 Å². The Hall–Kier alpha value is -3.55. The Labute approximate surface area is 165 Å². The number of ether oxygens (including phenoxy) is 2. The van der Waals surface area contributed by atoms with E-state index >= 15 is 0 Å². The number of hydrogen-bond acceptors (Lipinski definition) is 5. The van der Waals surface area contributed by atoms with Gasteiger partial charge >= 0.3 is 6.61 Å². The standard InChI is InChI=1S/C21H18F2N2O4/c1-27-18-11-13(8-9-17(18)29-21(22)23)19-24-16-7-3-2-6-15(16)20(26)25(19)12-14-5-4-10-28-14/h2-11,19,21,24H,12H2,1H3. The van der Waals surface area contributed by atoms with Gasteiger partial charge in [0.15, 0.2) is 11.5 Å². The summed E-state index contributed by atoms with van der Waals surface area (Å²) < 4.78 is 40.4. The average Bonchev–Trinajstić information content (AvgIpc) is 3.23. The van der Waals surface area contributed by atoms with Crippen LogP contribution in [0.15, 0.2) is 65.3 Å². The van der Waals surface area contributed by atoms with E-state index in [9.17, 15) is 13.6 Å². The third kappa shape index (κ3) is 3.73. The van der Waals surface area contributed by atoms with Gasteiger partial charge in [-0.3, -0.25) is 4.79 Å². The van der Waals surface area contributed by atoms with Crippen LogP contribution < -0.4 is 14.8 Å². The van der Waals surface area contributed by atoms with Gasteiger partial charge in [0.25, 0.3) is 5.91 Å². The minimum absolute atomic E-state index is 0.0774. The van der Waals surface area contributed by atoms with Crippen molar-refractivity contribution in [2.75, 3.05) is 12.4 Å². The van der Waals surface area contributed by atoms with Crippen molar-refractivity contribution in [2.24, 2.45) is 0 Å². The second kappa shape index (κ2) is 7.83. The molecule has 1 atom stereocenters. The van der Waals surface area contributed by atoms with Gasteiger partial charge in [0.2, 0.25) is 0 Å². The molecular weight excluding hydrogens is 382 g/mol. The molecular formula is C21H18F2N2O4. The lowest BCUT2D eigenvalue weighted by Gasteiger charge is -2.37. The molecule has 1 aromatic heterocycles. The molecule has 29 heavy (non-hydrogen) atoms. The van der Waals surface area contributed by atoms with E-state index in [1.807, 2.05) is 12.1 Å². The van der Waals surface area contributed by atoms with E-state index in [1.165, 1.54) is 13.2 Å². The first-order valence-corrected chi connectivity index (χ1v) is 8.88. The summed E-state index contributed by atoms with van der Waals surface area (Å²) in [5, 5.41) is 3.34. The number of furan rings is 1. The maximum Gasteiger partial charge on any atom is 0.387 e. The highest BCUT2D eigenvalue weighted by Gasteiger charge is 2.34. The predicted molar refractivity (Wildman–Crippen MR) is 101 cm³/mol. The molecule has 0 saturated carbocycles. The normalized spacial score (nSPS) is 15.8. The Morgan fingerprint density at radius 3 is 2.69 bits per heavy atom. The Bertz CT molecular complexity index is 1010. The molecule has 0 aliphatic carbocycles. The lowest BCUT2D eigenvalue weighted by atomic mass is 10.0. The van der Waals surface area contributed by atoms with Crippen LogP contribution in [-0.2, 0) is 6.54 Å². The van der Waals surface area contributed by atoms with E-state index in [0.717, 1.165) is 0 Å². The first-order valence-electron chi connectivity index (χ1n) is 8.88. The molecule has 6 nitrogen and oxygen atoms in total. The third-order valence-electron chi connectivity index (χ3n) is 4.65. The predicted octanol–water partition coefficient (Wildman–Crippen LogP) is 4.66. The highest BCUT2D eigenvalue weighted by Crippen LogP contribution is 2.38. The Balaban J connectivity index is 1.74. The monoisotopic (exact) mass is 400 g/mol. The van der Waals surface area contributed by atoms with Crippen LogP contribution in [0.3, 0.4) is 0 Å². The van der Waals surface area contributed by atoms with Crippen molar-refractivity contribution in [3.63, 3.8) is 0 Å². The van der Waals surface area contributed by atoms with Gasteiger partial charge in [0.1, 0.15) is 11.9 Å². The van der Waals surface area contributed by atoms with E-state index in [0.29, 0.717) is 22.6 Å². The number of para-hydroxylation sites is 1. The van der Waals surface area contributed by atoms with Crippen LogP contribution >= 0.6 is 0 Å². The number of anilines is 1. The highest BCUT2D eigenvalue weighted by molar-refractivity contribution is 6.01. The quantitative estimate of drug-likeness (QED) is 0.652. The summed E-state index contributed by atoms with van der Waals surface area (Å²) in [4.78, 5) is 14.8. The molecule has 2 aromatic carbocycles. The maximum atomic E-state index is 13.2. The molecule has 0 spiro atoms. The number of methoxy groups -OCH3 is 1. The molecule has 8 heteroatoms. The van der Waals surface area contributed by atoms with Crippen LogP contribution in [0.2, 0.25) is 0 Å². The van der Waals surface area contributed by atoms with Crippen LogP contribution in [0.4, 0.5) is 14.5 Å². The molecule has 0 saturated heterocycles. The first-order chi connectivity index (χ1) is 14.1. The summed E-state index contributed by atoms with van der Waals surface area (Å²) in [5.74, 6) is 0.516. The van der Waals surface area contributed by atoms with Crippen molar-refractivity contribution >= 4 is 11.6 Å². The molecule has 1 amide bonds. The van der Waals surface area contributed by atoms with Crippen LogP contribution in [-0.4, -0.2) is 24.5 Å². The number of nitrogens with one attached hydrogen (secondary N) is 1. The molecule has 150 valence electrons. The van der Waals surface area contributed by atoms with Gasteiger partial charge in [-0.05, 0) is 42.0 Å². The van der Waals surface area contributed by atoms with E-state index in [2.05, 4.69) is 10.1 Å². The molecule has 3 aromatic rings. The number of fused-ring (bicyclic) bond motifs is 1. The van der Waals surface area contributed by atoms with Crippen molar-refractivity contribution in [3.05, 3.63) is 77.7 Å². The van der Waals surface area contributed by atoms with Crippen LogP contribution in [0, 0.1) is 0 Å². The summed E-state index contributed by atoms with van der Waals surface area (Å²) in [5.41, 5.74) is 1.88. The summed E-state index contributed by atoms with van der Waals surface area (Å²) in [7, 11) is 1.37. The number of nitrogens with zero attached hydrogens (tertiary/aromatic N) is 1. The molecule has 1 unspecified atom stereocenters. The Morgan fingerprint density at radius 2 is 1.97 bits per heavy atom. The van der Waals surface area contributed by atoms with Crippen LogP contribution in [0.5, 0.6) is 11.5 Å². The number of carbonyl (C=O) groups is 1. The number of carbonyl (C=O) groups excluding carboxylic acids is 1. The smallest absolute Gasteiger partial charge is 0.387 e. The SMILES string of the molecule is COc1cc(C2Nc3ccccc3C(=O)N2Cc2ccco2)ccc1OC(F)F. The molecule has 1 aliphatic rings. The topological polar surface area (TPSA) is 63.9 Å². The minimum atomic E-state index is -2.97. The lowest BCUT2D eigenvalue weighted by molar-refractivity contribution is -0.0512. The summed E-state index contributed by atoms with van der Waals surface area (Å²) >= 11 is 0. The number of hydrogen-bond donors (Lipinski definition) is 1. The van der Waals surface area contributed by atoms with Crippen molar-refractivity contribution in [2.45, 2.75) is 19.3 Å². The van der Waals surface area contributed by atoms with Crippen LogP contribution in [0.25, 0.3) is 0 Å². The second-order valence-corrected chi connectivity index (χ2v) is 6.39. The number of amides is 1. The summed E-state index contributed by atoms with van der Waals surface area (Å²) in [6.07, 6.45) is 0.983. The zero-order valence-electron chi connectivity index (χ0n) is 15.5. The molecule has 0 fully saturated rings. The van der Waals surface area contributed by atoms with Gasteiger partial charge in [0, 0.05) is 5.69 Å². The van der Waals surface area contributed by atoms with E-state index in [4.69, 9.17) is 9.15 Å². The van der Waals surface area contributed by atoms with Gasteiger partial charge in [0.05, 0.1) is 25.5 Å². The minimum Gasteiger partial charge on any atom is -0.493 e. The fraction of sp³-hybridized carbons (Fsp3) is 0.190. The van der Waals surface area contributed by atoms with Gasteiger partial charge < -0.3 is 24.1 Å². The average molecular weight is 400 g/mol. The fourth-order valence-corrected chi connectivity index (χ4v) is 3.34. The van der Waals surface area contributed by atoms with Crippen molar-refractivity contribution in [1.29, 1.82) is 0 Å². The fourth-order valence-electron chi connectivity index (χ4n) is 3.34. The molecule has 2 heterocycles. The zero-order chi connectivity index (χ0) is 20.4. The summed E-state index contributed by atoms with van der Waals surface area (Å²) in [6.45, 7) is -2.73. The first kappa shape index (κ1) is 18.8.